The molecule has 0 saturated carbocycles. The monoisotopic (exact) mass is 355 g/mol. The number of likely N-dealkylation sites (tertiary alicyclic amines) is 1. The van der Waals surface area contributed by atoms with Gasteiger partial charge >= 0.3 is 5.97 Å². The van der Waals surface area contributed by atoms with Crippen LogP contribution in [0.15, 0.2) is 48.5 Å². The number of carbonyl (C=O) groups is 1. The summed E-state index contributed by atoms with van der Waals surface area (Å²) in [6, 6.07) is 15.9. The average molecular weight is 355 g/mol. The molecule has 1 saturated heterocycles. The van der Waals surface area contributed by atoms with Crippen LogP contribution in [0.3, 0.4) is 0 Å². The molecular weight excluding hydrogens is 330 g/mol. The summed E-state index contributed by atoms with van der Waals surface area (Å²) in [4.78, 5) is 14.0. The summed E-state index contributed by atoms with van der Waals surface area (Å²) in [5.41, 5.74) is 2.18. The van der Waals surface area contributed by atoms with Crippen LogP contribution in [0, 0.1) is 5.92 Å². The zero-order valence-electron chi connectivity index (χ0n) is 15.2. The summed E-state index contributed by atoms with van der Waals surface area (Å²) in [6.45, 7) is 4.50. The molecule has 2 aromatic carbocycles. The van der Waals surface area contributed by atoms with Crippen LogP contribution < -0.4 is 9.47 Å². The fourth-order valence-electron chi connectivity index (χ4n) is 3.63. The zero-order valence-corrected chi connectivity index (χ0v) is 15.2. The molecule has 5 heteroatoms. The maximum Gasteiger partial charge on any atom is 0.308 e. The van der Waals surface area contributed by atoms with Gasteiger partial charge in [0.15, 0.2) is 11.5 Å². The molecule has 0 aromatic heterocycles. The number of hydrogen-bond acceptors (Lipinski definition) is 4. The predicted octanol–water partition coefficient (Wildman–Crippen LogP) is 3.39. The van der Waals surface area contributed by atoms with Gasteiger partial charge in [-0.05, 0) is 30.2 Å². The minimum absolute atomic E-state index is 0.0687. The van der Waals surface area contributed by atoms with Crippen molar-refractivity contribution >= 4 is 5.97 Å². The highest BCUT2D eigenvalue weighted by Gasteiger charge is 2.38. The molecular formula is C21H25NO4. The molecule has 0 spiro atoms. The summed E-state index contributed by atoms with van der Waals surface area (Å²) < 4.78 is 11.0. The first-order valence-corrected chi connectivity index (χ1v) is 8.92. The van der Waals surface area contributed by atoms with E-state index in [1.165, 1.54) is 5.56 Å². The molecule has 2 atom stereocenters. The van der Waals surface area contributed by atoms with Crippen molar-refractivity contribution < 1.29 is 19.4 Å². The van der Waals surface area contributed by atoms with Gasteiger partial charge in [-0.25, -0.2) is 0 Å². The van der Waals surface area contributed by atoms with Gasteiger partial charge in [0.2, 0.25) is 0 Å². The van der Waals surface area contributed by atoms with Crippen molar-refractivity contribution in [1.82, 2.24) is 4.90 Å². The number of rotatable bonds is 7. The fraction of sp³-hybridized carbons (Fsp3) is 0.381. The third-order valence-corrected chi connectivity index (χ3v) is 4.88. The Morgan fingerprint density at radius 2 is 1.92 bits per heavy atom. The number of benzene rings is 2. The molecule has 2 unspecified atom stereocenters. The Morgan fingerprint density at radius 3 is 2.58 bits per heavy atom. The van der Waals surface area contributed by atoms with Crippen molar-refractivity contribution in [2.24, 2.45) is 5.92 Å². The van der Waals surface area contributed by atoms with E-state index < -0.39 is 11.9 Å². The molecule has 138 valence electrons. The SMILES string of the molecule is CCOc1ccc(C2CN(Cc3ccccc3)CC2C(=O)O)cc1OC. The summed E-state index contributed by atoms with van der Waals surface area (Å²) in [5, 5.41) is 9.71. The highest BCUT2D eigenvalue weighted by atomic mass is 16.5. The molecule has 5 nitrogen and oxygen atoms in total. The lowest BCUT2D eigenvalue weighted by molar-refractivity contribution is -0.141. The number of nitrogens with zero attached hydrogens (tertiary/aromatic N) is 1. The van der Waals surface area contributed by atoms with Crippen LogP contribution in [0.2, 0.25) is 0 Å². The van der Waals surface area contributed by atoms with E-state index in [0.717, 1.165) is 12.1 Å². The molecule has 1 aliphatic heterocycles. The van der Waals surface area contributed by atoms with Crippen molar-refractivity contribution in [2.75, 3.05) is 26.8 Å². The second-order valence-corrected chi connectivity index (χ2v) is 6.57. The Labute approximate surface area is 154 Å². The highest BCUT2D eigenvalue weighted by Crippen LogP contribution is 2.38. The van der Waals surface area contributed by atoms with Gasteiger partial charge in [-0.3, -0.25) is 9.69 Å². The molecule has 0 radical (unpaired) electrons. The second-order valence-electron chi connectivity index (χ2n) is 6.57. The van der Waals surface area contributed by atoms with Crippen molar-refractivity contribution in [3.05, 3.63) is 59.7 Å². The highest BCUT2D eigenvalue weighted by molar-refractivity contribution is 5.72. The van der Waals surface area contributed by atoms with Gasteiger partial charge in [0.05, 0.1) is 19.6 Å². The number of carboxylic acids is 1. The number of aliphatic carboxylic acids is 1. The van der Waals surface area contributed by atoms with Crippen LogP contribution in [0.5, 0.6) is 11.5 Å². The van der Waals surface area contributed by atoms with E-state index in [-0.39, 0.29) is 5.92 Å². The molecule has 0 amide bonds. The van der Waals surface area contributed by atoms with E-state index in [4.69, 9.17) is 9.47 Å². The van der Waals surface area contributed by atoms with Crippen molar-refractivity contribution in [3.63, 3.8) is 0 Å². The van der Waals surface area contributed by atoms with E-state index in [2.05, 4.69) is 17.0 Å². The summed E-state index contributed by atoms with van der Waals surface area (Å²) in [6.07, 6.45) is 0. The number of hydrogen-bond donors (Lipinski definition) is 1. The Balaban J connectivity index is 1.82. The lowest BCUT2D eigenvalue weighted by atomic mass is 9.89. The summed E-state index contributed by atoms with van der Waals surface area (Å²) >= 11 is 0. The van der Waals surface area contributed by atoms with Crippen molar-refractivity contribution in [3.8, 4) is 11.5 Å². The quantitative estimate of drug-likeness (QED) is 0.825. The van der Waals surface area contributed by atoms with E-state index in [9.17, 15) is 9.90 Å². The Bertz CT molecular complexity index is 747. The van der Waals surface area contributed by atoms with E-state index in [1.807, 2.05) is 43.3 Å². The lowest BCUT2D eigenvalue weighted by Gasteiger charge is -2.18. The lowest BCUT2D eigenvalue weighted by Crippen LogP contribution is -2.23. The smallest absolute Gasteiger partial charge is 0.308 e. The molecule has 2 aromatic rings. The van der Waals surface area contributed by atoms with Crippen LogP contribution in [-0.4, -0.2) is 42.8 Å². The molecule has 0 bridgehead atoms. The van der Waals surface area contributed by atoms with E-state index in [1.54, 1.807) is 7.11 Å². The van der Waals surface area contributed by atoms with Crippen LogP contribution >= 0.6 is 0 Å². The number of carboxylic acid groups (broad SMARTS) is 1. The van der Waals surface area contributed by atoms with Crippen LogP contribution in [0.4, 0.5) is 0 Å². The van der Waals surface area contributed by atoms with Gasteiger partial charge < -0.3 is 14.6 Å². The van der Waals surface area contributed by atoms with Crippen molar-refractivity contribution in [2.45, 2.75) is 19.4 Å². The predicted molar refractivity (Wildman–Crippen MR) is 99.7 cm³/mol. The standard InChI is InChI=1S/C21H25NO4/c1-3-26-19-10-9-16(11-20(19)25-2)17-13-22(14-18(17)21(23)24)12-15-7-5-4-6-8-15/h4-11,17-18H,3,12-14H2,1-2H3,(H,23,24). The Morgan fingerprint density at radius 1 is 1.15 bits per heavy atom. The first-order valence-electron chi connectivity index (χ1n) is 8.92. The molecule has 0 aliphatic carbocycles. The molecule has 1 N–H and O–H groups in total. The number of ether oxygens (including phenoxy) is 2. The molecule has 1 aliphatic rings. The van der Waals surface area contributed by atoms with Gasteiger partial charge in [-0.1, -0.05) is 36.4 Å². The second kappa shape index (κ2) is 8.23. The minimum atomic E-state index is -0.751. The first kappa shape index (κ1) is 18.3. The normalized spacial score (nSPS) is 20.1. The van der Waals surface area contributed by atoms with Gasteiger partial charge in [0.25, 0.3) is 0 Å². The fourth-order valence-corrected chi connectivity index (χ4v) is 3.63. The third kappa shape index (κ3) is 3.99. The zero-order chi connectivity index (χ0) is 18.5. The van der Waals surface area contributed by atoms with Crippen molar-refractivity contribution in [1.29, 1.82) is 0 Å². The summed E-state index contributed by atoms with van der Waals surface area (Å²) in [7, 11) is 1.60. The van der Waals surface area contributed by atoms with Gasteiger partial charge in [-0.2, -0.15) is 0 Å². The third-order valence-electron chi connectivity index (χ3n) is 4.88. The maximum absolute atomic E-state index is 11.8. The molecule has 1 fully saturated rings. The maximum atomic E-state index is 11.8. The van der Waals surface area contributed by atoms with Gasteiger partial charge in [-0.15, -0.1) is 0 Å². The van der Waals surface area contributed by atoms with Crippen LogP contribution in [0.1, 0.15) is 24.0 Å². The average Bonchev–Trinajstić information content (AvgIpc) is 3.07. The first-order chi connectivity index (χ1) is 12.6. The topological polar surface area (TPSA) is 59.0 Å². The summed E-state index contributed by atoms with van der Waals surface area (Å²) in [5.74, 6) is 0.0836. The minimum Gasteiger partial charge on any atom is -0.493 e. The van der Waals surface area contributed by atoms with Crippen LogP contribution in [0.25, 0.3) is 0 Å². The van der Waals surface area contributed by atoms with Gasteiger partial charge in [0, 0.05) is 25.6 Å². The Kier molecular flexibility index (Phi) is 5.78. The van der Waals surface area contributed by atoms with E-state index in [0.29, 0.717) is 31.2 Å². The molecule has 3 rings (SSSR count). The Hall–Kier alpha value is -2.53. The van der Waals surface area contributed by atoms with Crippen LogP contribution in [-0.2, 0) is 11.3 Å². The molecule has 26 heavy (non-hydrogen) atoms. The van der Waals surface area contributed by atoms with Gasteiger partial charge in [0.1, 0.15) is 0 Å². The number of methoxy groups -OCH3 is 1. The van der Waals surface area contributed by atoms with E-state index >= 15 is 0 Å². The molecule has 1 heterocycles. The largest absolute Gasteiger partial charge is 0.493 e.